The monoisotopic (exact) mass is 129 g/mol. The zero-order chi connectivity index (χ0) is 7.28. The fourth-order valence-electron chi connectivity index (χ4n) is 0.317. The Morgan fingerprint density at radius 2 is 2.33 bits per heavy atom. The van der Waals surface area contributed by atoms with Crippen LogP contribution in [0.25, 0.3) is 0 Å². The Balaban J connectivity index is 3.39. The summed E-state index contributed by atoms with van der Waals surface area (Å²) >= 11 is 0. The Bertz CT molecular complexity index is 129. The highest BCUT2D eigenvalue weighted by molar-refractivity contribution is 5.69. The molecule has 3 heteroatoms. The molecule has 0 bridgehead atoms. The van der Waals surface area contributed by atoms with Crippen LogP contribution in [0.4, 0.5) is 0 Å². The van der Waals surface area contributed by atoms with E-state index in [2.05, 4.69) is 5.32 Å². The average Bonchev–Trinajstić information content (AvgIpc) is 1.83. The zero-order valence-electron chi connectivity index (χ0n) is 5.64. The second-order valence-corrected chi connectivity index (χ2v) is 1.72. The standard InChI is InChI=1S/C6H11NO2/c1-3-5(2)7-4-6(8)9/h3,7H,4H2,1-2H3,(H,8,9)/b5-3+. The third kappa shape index (κ3) is 4.87. The Morgan fingerprint density at radius 3 is 2.67 bits per heavy atom. The van der Waals surface area contributed by atoms with Crippen LogP contribution in [0, 0.1) is 0 Å². The summed E-state index contributed by atoms with van der Waals surface area (Å²) < 4.78 is 0. The van der Waals surface area contributed by atoms with E-state index in [1.54, 1.807) is 0 Å². The Morgan fingerprint density at radius 1 is 1.78 bits per heavy atom. The maximum atomic E-state index is 9.93. The van der Waals surface area contributed by atoms with Gasteiger partial charge in [0.25, 0.3) is 0 Å². The second-order valence-electron chi connectivity index (χ2n) is 1.72. The number of carbonyl (C=O) groups is 1. The number of carboxylic acid groups (broad SMARTS) is 1. The van der Waals surface area contributed by atoms with Crippen LogP contribution in [0.3, 0.4) is 0 Å². The summed E-state index contributed by atoms with van der Waals surface area (Å²) in [5, 5.41) is 10.9. The van der Waals surface area contributed by atoms with Gasteiger partial charge in [-0.15, -0.1) is 0 Å². The van der Waals surface area contributed by atoms with Crippen molar-refractivity contribution in [1.29, 1.82) is 0 Å². The molecule has 0 aromatic carbocycles. The van der Waals surface area contributed by atoms with Crippen LogP contribution in [-0.4, -0.2) is 17.6 Å². The third-order valence-corrected chi connectivity index (χ3v) is 0.951. The summed E-state index contributed by atoms with van der Waals surface area (Å²) in [5.74, 6) is -0.837. The maximum Gasteiger partial charge on any atom is 0.322 e. The fraction of sp³-hybridized carbons (Fsp3) is 0.500. The van der Waals surface area contributed by atoms with Crippen LogP contribution in [0.15, 0.2) is 11.8 Å². The van der Waals surface area contributed by atoms with E-state index in [9.17, 15) is 4.79 Å². The minimum absolute atomic E-state index is 0.00380. The molecule has 52 valence electrons. The van der Waals surface area contributed by atoms with Gasteiger partial charge in [0.1, 0.15) is 6.54 Å². The van der Waals surface area contributed by atoms with Gasteiger partial charge in [0.2, 0.25) is 0 Å². The quantitative estimate of drug-likeness (QED) is 0.586. The van der Waals surface area contributed by atoms with Crippen LogP contribution < -0.4 is 5.32 Å². The SMILES string of the molecule is C/C=C(\C)NCC(=O)O. The second kappa shape index (κ2) is 3.95. The molecule has 2 N–H and O–H groups in total. The van der Waals surface area contributed by atoms with Crippen molar-refractivity contribution in [3.8, 4) is 0 Å². The van der Waals surface area contributed by atoms with E-state index in [0.717, 1.165) is 5.70 Å². The predicted molar refractivity (Wildman–Crippen MR) is 35.1 cm³/mol. The highest BCUT2D eigenvalue weighted by Gasteiger charge is 1.92. The van der Waals surface area contributed by atoms with Gasteiger partial charge in [-0.1, -0.05) is 6.08 Å². The lowest BCUT2D eigenvalue weighted by Gasteiger charge is -1.99. The van der Waals surface area contributed by atoms with Crippen LogP contribution in [0.2, 0.25) is 0 Å². The van der Waals surface area contributed by atoms with Gasteiger partial charge in [-0.3, -0.25) is 4.79 Å². The van der Waals surface area contributed by atoms with Crippen molar-refractivity contribution in [1.82, 2.24) is 5.32 Å². The molecule has 0 amide bonds. The Kier molecular flexibility index (Phi) is 3.51. The lowest BCUT2D eigenvalue weighted by Crippen LogP contribution is -2.20. The molecule has 0 atom stereocenters. The fourth-order valence-corrected chi connectivity index (χ4v) is 0.317. The average molecular weight is 129 g/mol. The number of nitrogens with one attached hydrogen (secondary N) is 1. The third-order valence-electron chi connectivity index (χ3n) is 0.951. The summed E-state index contributed by atoms with van der Waals surface area (Å²) in [6.45, 7) is 3.67. The van der Waals surface area contributed by atoms with Crippen LogP contribution in [0.1, 0.15) is 13.8 Å². The molecule has 0 saturated heterocycles. The highest BCUT2D eigenvalue weighted by Crippen LogP contribution is 1.81. The van der Waals surface area contributed by atoms with Crippen LogP contribution in [-0.2, 0) is 4.79 Å². The highest BCUT2D eigenvalue weighted by atomic mass is 16.4. The topological polar surface area (TPSA) is 49.3 Å². The molecule has 3 nitrogen and oxygen atoms in total. The Labute approximate surface area is 54.4 Å². The first-order valence-electron chi connectivity index (χ1n) is 2.75. The van der Waals surface area contributed by atoms with Crippen molar-refractivity contribution in [2.45, 2.75) is 13.8 Å². The summed E-state index contributed by atoms with van der Waals surface area (Å²) in [6.07, 6.45) is 1.82. The van der Waals surface area contributed by atoms with Crippen molar-refractivity contribution < 1.29 is 9.90 Å². The number of aliphatic carboxylic acids is 1. The molecule has 0 unspecified atom stereocenters. The molecule has 0 rings (SSSR count). The molecule has 0 aliphatic heterocycles. The van der Waals surface area contributed by atoms with Crippen molar-refractivity contribution >= 4 is 5.97 Å². The molecule has 0 spiro atoms. The molecule has 0 fully saturated rings. The van der Waals surface area contributed by atoms with Gasteiger partial charge in [-0.2, -0.15) is 0 Å². The molecule has 0 aromatic heterocycles. The zero-order valence-corrected chi connectivity index (χ0v) is 5.64. The molecule has 0 radical (unpaired) electrons. The van der Waals surface area contributed by atoms with Gasteiger partial charge in [-0.05, 0) is 13.8 Å². The predicted octanol–water partition coefficient (Wildman–Crippen LogP) is 0.584. The van der Waals surface area contributed by atoms with Gasteiger partial charge < -0.3 is 10.4 Å². The number of rotatable bonds is 3. The van der Waals surface area contributed by atoms with Crippen molar-refractivity contribution in [3.05, 3.63) is 11.8 Å². The number of allylic oxidation sites excluding steroid dienone is 2. The first-order chi connectivity index (χ1) is 4.16. The smallest absolute Gasteiger partial charge is 0.322 e. The largest absolute Gasteiger partial charge is 0.480 e. The van der Waals surface area contributed by atoms with Crippen molar-refractivity contribution in [3.63, 3.8) is 0 Å². The van der Waals surface area contributed by atoms with E-state index >= 15 is 0 Å². The first-order valence-corrected chi connectivity index (χ1v) is 2.75. The van der Waals surface area contributed by atoms with E-state index in [4.69, 9.17) is 5.11 Å². The van der Waals surface area contributed by atoms with Gasteiger partial charge in [-0.25, -0.2) is 0 Å². The van der Waals surface area contributed by atoms with Crippen molar-refractivity contribution in [2.75, 3.05) is 6.54 Å². The summed E-state index contributed by atoms with van der Waals surface area (Å²) in [5.41, 5.74) is 0.886. The minimum atomic E-state index is -0.837. The molecular formula is C6H11NO2. The van der Waals surface area contributed by atoms with Crippen LogP contribution >= 0.6 is 0 Å². The first kappa shape index (κ1) is 8.01. The Hall–Kier alpha value is -0.990. The summed E-state index contributed by atoms with van der Waals surface area (Å²) in [7, 11) is 0. The molecule has 0 aliphatic rings. The molecule has 0 aliphatic carbocycles. The van der Waals surface area contributed by atoms with Gasteiger partial charge in [0.15, 0.2) is 0 Å². The summed E-state index contributed by atoms with van der Waals surface area (Å²) in [6, 6.07) is 0. The lowest BCUT2D eigenvalue weighted by atomic mass is 10.4. The molecule has 9 heavy (non-hydrogen) atoms. The van der Waals surface area contributed by atoms with Gasteiger partial charge >= 0.3 is 5.97 Å². The lowest BCUT2D eigenvalue weighted by molar-refractivity contribution is -0.135. The maximum absolute atomic E-state index is 9.93. The van der Waals surface area contributed by atoms with E-state index in [1.165, 1.54) is 0 Å². The van der Waals surface area contributed by atoms with Crippen LogP contribution in [0.5, 0.6) is 0 Å². The molecular weight excluding hydrogens is 118 g/mol. The van der Waals surface area contributed by atoms with E-state index < -0.39 is 5.97 Å². The molecule has 0 saturated carbocycles. The number of hydrogen-bond donors (Lipinski definition) is 2. The van der Waals surface area contributed by atoms with E-state index in [1.807, 2.05) is 19.9 Å². The summed E-state index contributed by atoms with van der Waals surface area (Å²) in [4.78, 5) is 9.93. The molecule has 0 heterocycles. The normalized spacial score (nSPS) is 11.1. The molecule has 0 aromatic rings. The van der Waals surface area contributed by atoms with Crippen molar-refractivity contribution in [2.24, 2.45) is 0 Å². The minimum Gasteiger partial charge on any atom is -0.480 e. The van der Waals surface area contributed by atoms with E-state index in [0.29, 0.717) is 0 Å². The number of hydrogen-bond acceptors (Lipinski definition) is 2. The van der Waals surface area contributed by atoms with E-state index in [-0.39, 0.29) is 6.54 Å². The van der Waals surface area contributed by atoms with Gasteiger partial charge in [0, 0.05) is 5.70 Å². The number of carboxylic acids is 1. The van der Waals surface area contributed by atoms with Gasteiger partial charge in [0.05, 0.1) is 0 Å².